The number of hydrogen-bond donors (Lipinski definition) is 2. The number of para-hydroxylation sites is 2. The van der Waals surface area contributed by atoms with Gasteiger partial charge in [0.05, 0.1) is 34.9 Å². The fourth-order valence-electron chi connectivity index (χ4n) is 3.05. The molecule has 3 aromatic heterocycles. The second kappa shape index (κ2) is 7.90. The van der Waals surface area contributed by atoms with E-state index in [4.69, 9.17) is 0 Å². The first-order valence-electron chi connectivity index (χ1n) is 9.20. The molecule has 0 bridgehead atoms. The van der Waals surface area contributed by atoms with Crippen molar-refractivity contribution >= 4 is 28.3 Å². The van der Waals surface area contributed by atoms with Gasteiger partial charge in [-0.15, -0.1) is 11.3 Å². The van der Waals surface area contributed by atoms with E-state index < -0.39 is 0 Å². The molecule has 1 unspecified atom stereocenters. The Hall–Kier alpha value is -3.06. The third-order valence-electron chi connectivity index (χ3n) is 4.46. The van der Waals surface area contributed by atoms with Crippen LogP contribution in [0.1, 0.15) is 31.4 Å². The lowest BCUT2D eigenvalue weighted by atomic mass is 10.0. The Morgan fingerprint density at radius 1 is 1.14 bits per heavy atom. The third kappa shape index (κ3) is 3.94. The molecule has 0 saturated carbocycles. The van der Waals surface area contributed by atoms with Gasteiger partial charge in [0.1, 0.15) is 10.8 Å². The molecule has 1 atom stereocenters. The molecule has 4 rings (SSSR count). The zero-order valence-corrected chi connectivity index (χ0v) is 16.5. The molecular formula is C21H21N5OS. The maximum atomic E-state index is 12.7. The van der Waals surface area contributed by atoms with Gasteiger partial charge in [-0.3, -0.25) is 9.78 Å². The van der Waals surface area contributed by atoms with Gasteiger partial charge in [-0.2, -0.15) is 0 Å². The number of amides is 1. The van der Waals surface area contributed by atoms with Crippen LogP contribution in [0.3, 0.4) is 0 Å². The molecule has 0 aliphatic carbocycles. The quantitative estimate of drug-likeness (QED) is 0.517. The van der Waals surface area contributed by atoms with Crippen LogP contribution in [0.4, 0.5) is 0 Å². The average Bonchev–Trinajstić information content (AvgIpc) is 3.33. The zero-order chi connectivity index (χ0) is 19.5. The van der Waals surface area contributed by atoms with E-state index in [1.54, 1.807) is 6.20 Å². The fourth-order valence-corrected chi connectivity index (χ4v) is 3.85. The van der Waals surface area contributed by atoms with Crippen LogP contribution in [-0.4, -0.2) is 25.8 Å². The molecule has 4 aromatic rings. The van der Waals surface area contributed by atoms with Crippen LogP contribution in [0.15, 0.2) is 54.0 Å². The van der Waals surface area contributed by atoms with Crippen molar-refractivity contribution in [2.24, 2.45) is 5.92 Å². The SMILES string of the molecule is CC(C)C(NC(=O)Cc1csc(-c2ccccn2)n1)c1nc2ccccc2[nH]1. The maximum Gasteiger partial charge on any atom is 0.226 e. The average molecular weight is 392 g/mol. The van der Waals surface area contributed by atoms with Gasteiger partial charge in [0.2, 0.25) is 5.91 Å². The number of imidazole rings is 1. The Balaban J connectivity index is 1.47. The molecule has 142 valence electrons. The van der Waals surface area contributed by atoms with E-state index in [0.717, 1.165) is 33.3 Å². The monoisotopic (exact) mass is 391 g/mol. The number of hydrogen-bond acceptors (Lipinski definition) is 5. The smallest absolute Gasteiger partial charge is 0.226 e. The third-order valence-corrected chi connectivity index (χ3v) is 5.38. The van der Waals surface area contributed by atoms with Gasteiger partial charge in [-0.05, 0) is 30.2 Å². The number of pyridine rings is 1. The molecule has 0 saturated heterocycles. The summed E-state index contributed by atoms with van der Waals surface area (Å²) in [6.45, 7) is 4.14. The molecule has 3 heterocycles. The van der Waals surface area contributed by atoms with E-state index in [2.05, 4.69) is 39.1 Å². The molecule has 0 spiro atoms. The van der Waals surface area contributed by atoms with E-state index >= 15 is 0 Å². The summed E-state index contributed by atoms with van der Waals surface area (Å²) in [5.74, 6) is 0.901. The predicted molar refractivity (Wildman–Crippen MR) is 111 cm³/mol. The summed E-state index contributed by atoms with van der Waals surface area (Å²) in [4.78, 5) is 29.5. The van der Waals surface area contributed by atoms with E-state index in [0.29, 0.717) is 0 Å². The number of thiazole rings is 1. The lowest BCUT2D eigenvalue weighted by Crippen LogP contribution is -2.33. The van der Waals surface area contributed by atoms with Crippen LogP contribution < -0.4 is 5.32 Å². The Kier molecular flexibility index (Phi) is 5.16. The number of nitrogens with one attached hydrogen (secondary N) is 2. The van der Waals surface area contributed by atoms with Crippen molar-refractivity contribution in [3.63, 3.8) is 0 Å². The van der Waals surface area contributed by atoms with E-state index in [-0.39, 0.29) is 24.3 Å². The Labute approximate surface area is 167 Å². The van der Waals surface area contributed by atoms with Gasteiger partial charge in [-0.25, -0.2) is 9.97 Å². The first-order chi connectivity index (χ1) is 13.6. The number of fused-ring (bicyclic) bond motifs is 1. The normalized spacial score (nSPS) is 12.4. The molecule has 28 heavy (non-hydrogen) atoms. The van der Waals surface area contributed by atoms with Crippen molar-refractivity contribution in [3.8, 4) is 10.7 Å². The Morgan fingerprint density at radius 2 is 1.96 bits per heavy atom. The minimum absolute atomic E-state index is 0.0722. The molecule has 0 radical (unpaired) electrons. The van der Waals surface area contributed by atoms with Crippen molar-refractivity contribution in [1.29, 1.82) is 0 Å². The van der Waals surface area contributed by atoms with Crippen molar-refractivity contribution in [2.75, 3.05) is 0 Å². The second-order valence-corrected chi connectivity index (χ2v) is 7.82. The summed E-state index contributed by atoms with van der Waals surface area (Å²) in [5, 5.41) is 5.84. The van der Waals surface area contributed by atoms with Crippen molar-refractivity contribution in [2.45, 2.75) is 26.3 Å². The second-order valence-electron chi connectivity index (χ2n) is 6.96. The summed E-state index contributed by atoms with van der Waals surface area (Å²) >= 11 is 1.50. The maximum absolute atomic E-state index is 12.7. The summed E-state index contributed by atoms with van der Waals surface area (Å²) in [7, 11) is 0. The molecule has 0 aliphatic rings. The number of carbonyl (C=O) groups is 1. The number of benzene rings is 1. The molecule has 7 heteroatoms. The minimum Gasteiger partial charge on any atom is -0.346 e. The lowest BCUT2D eigenvalue weighted by Gasteiger charge is -2.20. The first-order valence-corrected chi connectivity index (χ1v) is 10.1. The van der Waals surface area contributed by atoms with Crippen LogP contribution in [-0.2, 0) is 11.2 Å². The number of nitrogens with zero attached hydrogens (tertiary/aromatic N) is 3. The van der Waals surface area contributed by atoms with Crippen LogP contribution in [0, 0.1) is 5.92 Å². The standard InChI is InChI=1S/C21H21N5OS/c1-13(2)19(20-24-15-7-3-4-8-16(15)25-20)26-18(27)11-14-12-28-21(23-14)17-9-5-6-10-22-17/h3-10,12-13,19H,11H2,1-2H3,(H,24,25)(H,26,27). The topological polar surface area (TPSA) is 83.6 Å². The molecule has 2 N–H and O–H groups in total. The number of rotatable bonds is 6. The predicted octanol–water partition coefficient (Wildman–Crippen LogP) is 4.14. The summed E-state index contributed by atoms with van der Waals surface area (Å²) in [5.41, 5.74) is 3.44. The zero-order valence-electron chi connectivity index (χ0n) is 15.7. The van der Waals surface area contributed by atoms with Gasteiger partial charge in [0, 0.05) is 11.6 Å². The molecule has 1 amide bonds. The first kappa shape index (κ1) is 18.3. The number of aromatic nitrogens is 4. The van der Waals surface area contributed by atoms with E-state index in [1.165, 1.54) is 11.3 Å². The van der Waals surface area contributed by atoms with Crippen LogP contribution in [0.2, 0.25) is 0 Å². The van der Waals surface area contributed by atoms with Gasteiger partial charge in [-0.1, -0.05) is 32.0 Å². The van der Waals surface area contributed by atoms with Gasteiger partial charge in [0.15, 0.2) is 0 Å². The van der Waals surface area contributed by atoms with Crippen LogP contribution >= 0.6 is 11.3 Å². The summed E-state index contributed by atoms with van der Waals surface area (Å²) in [6.07, 6.45) is 1.97. The lowest BCUT2D eigenvalue weighted by molar-refractivity contribution is -0.121. The van der Waals surface area contributed by atoms with E-state index in [9.17, 15) is 4.79 Å². The van der Waals surface area contributed by atoms with Crippen LogP contribution in [0.5, 0.6) is 0 Å². The highest BCUT2D eigenvalue weighted by Crippen LogP contribution is 2.24. The molecule has 6 nitrogen and oxygen atoms in total. The largest absolute Gasteiger partial charge is 0.346 e. The fraction of sp³-hybridized carbons (Fsp3) is 0.238. The highest BCUT2D eigenvalue weighted by Gasteiger charge is 2.22. The van der Waals surface area contributed by atoms with Crippen LogP contribution in [0.25, 0.3) is 21.7 Å². The van der Waals surface area contributed by atoms with Gasteiger partial charge >= 0.3 is 0 Å². The van der Waals surface area contributed by atoms with Crippen molar-refractivity contribution in [3.05, 3.63) is 65.6 Å². The Bertz CT molecular complexity index is 1050. The minimum atomic E-state index is -0.186. The highest BCUT2D eigenvalue weighted by molar-refractivity contribution is 7.13. The summed E-state index contributed by atoms with van der Waals surface area (Å²) < 4.78 is 0. The molecular weight excluding hydrogens is 370 g/mol. The van der Waals surface area contributed by atoms with Gasteiger partial charge in [0.25, 0.3) is 0 Å². The summed E-state index contributed by atoms with van der Waals surface area (Å²) in [6, 6.07) is 13.4. The number of H-pyrrole nitrogens is 1. The van der Waals surface area contributed by atoms with E-state index in [1.807, 2.05) is 47.8 Å². The van der Waals surface area contributed by atoms with Crippen molar-refractivity contribution < 1.29 is 4.79 Å². The molecule has 0 aliphatic heterocycles. The number of aromatic amines is 1. The molecule has 0 fully saturated rings. The molecule has 1 aromatic carbocycles. The van der Waals surface area contributed by atoms with Gasteiger partial charge < -0.3 is 10.3 Å². The Morgan fingerprint density at radius 3 is 2.71 bits per heavy atom. The number of carbonyl (C=O) groups excluding carboxylic acids is 1. The van der Waals surface area contributed by atoms with Crippen molar-refractivity contribution in [1.82, 2.24) is 25.3 Å². The highest BCUT2D eigenvalue weighted by atomic mass is 32.1.